The van der Waals surface area contributed by atoms with Gasteiger partial charge in [0.2, 0.25) is 5.91 Å². The number of nitrogens with zero attached hydrogens (tertiary/aromatic N) is 6. The smallest absolute Gasteiger partial charge is 0.251 e. The van der Waals surface area contributed by atoms with E-state index >= 15 is 4.39 Å². The van der Waals surface area contributed by atoms with E-state index in [-0.39, 0.29) is 49.6 Å². The van der Waals surface area contributed by atoms with Crippen molar-refractivity contribution in [1.82, 2.24) is 35.4 Å². The lowest BCUT2D eigenvalue weighted by Crippen LogP contribution is -2.43. The lowest BCUT2D eigenvalue weighted by Gasteiger charge is -2.25. The Morgan fingerprint density at radius 1 is 1.09 bits per heavy atom. The third kappa shape index (κ3) is 6.71. The number of benzene rings is 2. The van der Waals surface area contributed by atoms with Crippen molar-refractivity contribution in [2.45, 2.75) is 32.9 Å². The van der Waals surface area contributed by atoms with Crippen LogP contribution in [0.2, 0.25) is 0 Å². The highest BCUT2D eigenvalue weighted by molar-refractivity contribution is 5.95. The van der Waals surface area contributed by atoms with Crippen LogP contribution in [0, 0.1) is 5.82 Å². The molecule has 0 fully saturated rings. The third-order valence-corrected chi connectivity index (χ3v) is 6.96. The molecule has 1 atom stereocenters. The fraction of sp³-hybridized carbons (Fsp3) is 0.333. The van der Waals surface area contributed by atoms with Crippen molar-refractivity contribution in [3.8, 4) is 22.9 Å². The molecule has 12 nitrogen and oxygen atoms in total. The Kier molecular flexibility index (Phi) is 9.08. The van der Waals surface area contributed by atoms with Crippen LogP contribution in [-0.4, -0.2) is 69.9 Å². The standard InChI is InChI=1S/C30H33FN8O4/c1-4-22-26(31)29(34-18-33-22)38-13-12-32-30(41)21-10-11-23(42-3)24(16-21)43-15-14-39-28(19(2)35-25(40)17-38)36-27(37-39)20-8-6-5-7-9-20/h5-11,16,18-19H,4,12-15,17H2,1-3H3,(H,32,41)(H,35,40)/t19-/m1/s1. The van der Waals surface area contributed by atoms with Gasteiger partial charge in [-0.05, 0) is 31.5 Å². The van der Waals surface area contributed by atoms with Crippen molar-refractivity contribution < 1.29 is 23.5 Å². The summed E-state index contributed by atoms with van der Waals surface area (Å²) >= 11 is 0. The van der Waals surface area contributed by atoms with Crippen LogP contribution < -0.4 is 25.0 Å². The molecule has 1 aliphatic rings. The predicted octanol–water partition coefficient (Wildman–Crippen LogP) is 2.95. The van der Waals surface area contributed by atoms with Gasteiger partial charge in [0.25, 0.3) is 5.91 Å². The Morgan fingerprint density at radius 3 is 2.67 bits per heavy atom. The van der Waals surface area contributed by atoms with Gasteiger partial charge < -0.3 is 25.0 Å². The van der Waals surface area contributed by atoms with Gasteiger partial charge in [-0.3, -0.25) is 9.59 Å². The van der Waals surface area contributed by atoms with Gasteiger partial charge in [0.1, 0.15) is 18.8 Å². The number of amides is 2. The average molecular weight is 589 g/mol. The molecule has 4 aromatic rings. The zero-order valence-corrected chi connectivity index (χ0v) is 24.2. The molecule has 2 N–H and O–H groups in total. The number of carbonyl (C=O) groups excluding carboxylic acids is 2. The second kappa shape index (κ2) is 13.3. The van der Waals surface area contributed by atoms with E-state index in [1.807, 2.05) is 30.3 Å². The monoisotopic (exact) mass is 588 g/mol. The number of halogens is 1. The first-order valence-corrected chi connectivity index (χ1v) is 14.0. The second-order valence-electron chi connectivity index (χ2n) is 9.88. The van der Waals surface area contributed by atoms with Crippen molar-refractivity contribution in [3.63, 3.8) is 0 Å². The van der Waals surface area contributed by atoms with Crippen LogP contribution in [0.15, 0.2) is 54.9 Å². The van der Waals surface area contributed by atoms with Gasteiger partial charge in [-0.25, -0.2) is 24.0 Å². The molecule has 0 spiro atoms. The van der Waals surface area contributed by atoms with Crippen LogP contribution >= 0.6 is 0 Å². The minimum absolute atomic E-state index is 0.0171. The topological polar surface area (TPSA) is 136 Å². The summed E-state index contributed by atoms with van der Waals surface area (Å²) in [6.45, 7) is 4.09. The molecule has 5 rings (SSSR count). The largest absolute Gasteiger partial charge is 0.493 e. The highest BCUT2D eigenvalue weighted by Crippen LogP contribution is 2.28. The molecule has 0 radical (unpaired) electrons. The van der Waals surface area contributed by atoms with Gasteiger partial charge in [-0.2, -0.15) is 5.10 Å². The number of ether oxygens (including phenoxy) is 2. The summed E-state index contributed by atoms with van der Waals surface area (Å²) in [6, 6.07) is 13.9. The summed E-state index contributed by atoms with van der Waals surface area (Å²) in [5.41, 5.74) is 1.41. The van der Waals surface area contributed by atoms with Gasteiger partial charge in [-0.1, -0.05) is 37.3 Å². The Balaban J connectivity index is 1.51. The fourth-order valence-electron chi connectivity index (χ4n) is 4.78. The Hall–Kier alpha value is -5.07. The molecule has 0 saturated carbocycles. The maximum atomic E-state index is 15.3. The first-order chi connectivity index (χ1) is 20.9. The first kappa shape index (κ1) is 29.4. The number of hydrogen-bond acceptors (Lipinski definition) is 9. The summed E-state index contributed by atoms with van der Waals surface area (Å²) < 4.78 is 28.5. The van der Waals surface area contributed by atoms with E-state index in [9.17, 15) is 9.59 Å². The van der Waals surface area contributed by atoms with E-state index in [0.29, 0.717) is 41.7 Å². The molecule has 43 heavy (non-hydrogen) atoms. The number of hydrogen-bond donors (Lipinski definition) is 2. The SMILES string of the molecule is CCc1ncnc(N2CCNC(=O)c3ccc(OC)c(c3)OCCn3nc(-c4ccccc4)nc3[C@@H](C)NC(=O)C2)c1F. The molecule has 2 amide bonds. The molecule has 3 heterocycles. The van der Waals surface area contributed by atoms with E-state index in [4.69, 9.17) is 19.6 Å². The van der Waals surface area contributed by atoms with Crippen molar-refractivity contribution in [1.29, 1.82) is 0 Å². The molecule has 0 unspecified atom stereocenters. The summed E-state index contributed by atoms with van der Waals surface area (Å²) in [5, 5.41) is 10.5. The van der Waals surface area contributed by atoms with Crippen molar-refractivity contribution in [3.05, 3.63) is 77.8 Å². The molecule has 2 aromatic carbocycles. The van der Waals surface area contributed by atoms with E-state index in [1.54, 1.807) is 36.7 Å². The molecule has 2 aromatic heterocycles. The van der Waals surface area contributed by atoms with Crippen LogP contribution in [0.25, 0.3) is 11.4 Å². The van der Waals surface area contributed by atoms with Crippen molar-refractivity contribution >= 4 is 17.6 Å². The summed E-state index contributed by atoms with van der Waals surface area (Å²) in [7, 11) is 1.52. The molecular formula is C30H33FN8O4. The molecule has 0 saturated heterocycles. The maximum absolute atomic E-state index is 15.3. The van der Waals surface area contributed by atoms with E-state index in [0.717, 1.165) is 5.56 Å². The van der Waals surface area contributed by atoms with Crippen molar-refractivity contribution in [2.75, 3.05) is 38.3 Å². The molecule has 224 valence electrons. The van der Waals surface area contributed by atoms with Crippen LogP contribution in [-0.2, 0) is 17.8 Å². The number of methoxy groups -OCH3 is 1. The molecule has 13 heteroatoms. The third-order valence-electron chi connectivity index (χ3n) is 6.96. The van der Waals surface area contributed by atoms with E-state index < -0.39 is 11.9 Å². The lowest BCUT2D eigenvalue weighted by atomic mass is 10.2. The average Bonchev–Trinajstić information content (AvgIpc) is 3.45. The number of carbonyl (C=O) groups is 2. The van der Waals surface area contributed by atoms with Gasteiger partial charge in [0.05, 0.1) is 31.9 Å². The Labute approximate surface area is 248 Å². The highest BCUT2D eigenvalue weighted by Gasteiger charge is 2.24. The fourth-order valence-corrected chi connectivity index (χ4v) is 4.78. The number of nitrogens with one attached hydrogen (secondary N) is 2. The normalized spacial score (nSPS) is 16.4. The predicted molar refractivity (Wildman–Crippen MR) is 156 cm³/mol. The minimum Gasteiger partial charge on any atom is -0.493 e. The van der Waals surface area contributed by atoms with Crippen LogP contribution in [0.1, 0.15) is 41.8 Å². The number of aryl methyl sites for hydroxylation is 1. The van der Waals surface area contributed by atoms with Gasteiger partial charge >= 0.3 is 0 Å². The summed E-state index contributed by atoms with van der Waals surface area (Å²) in [6.07, 6.45) is 1.63. The van der Waals surface area contributed by atoms with E-state index in [1.165, 1.54) is 18.3 Å². The van der Waals surface area contributed by atoms with Crippen LogP contribution in [0.4, 0.5) is 10.2 Å². The number of aromatic nitrogens is 5. The van der Waals surface area contributed by atoms with Crippen molar-refractivity contribution in [2.24, 2.45) is 0 Å². The molecular weight excluding hydrogens is 555 g/mol. The van der Waals surface area contributed by atoms with Gasteiger partial charge in [-0.15, -0.1) is 0 Å². The summed E-state index contributed by atoms with van der Waals surface area (Å²) in [4.78, 5) is 40.7. The number of anilines is 1. The first-order valence-electron chi connectivity index (χ1n) is 14.0. The molecule has 1 aliphatic heterocycles. The molecule has 2 bridgehead atoms. The van der Waals surface area contributed by atoms with Crippen LogP contribution in [0.5, 0.6) is 11.5 Å². The summed E-state index contributed by atoms with van der Waals surface area (Å²) in [5.74, 6) is 0.508. The van der Waals surface area contributed by atoms with E-state index in [2.05, 4.69) is 20.6 Å². The zero-order valence-electron chi connectivity index (χ0n) is 24.2. The molecule has 0 aliphatic carbocycles. The highest BCUT2D eigenvalue weighted by atomic mass is 19.1. The Morgan fingerprint density at radius 2 is 1.91 bits per heavy atom. The zero-order chi connectivity index (χ0) is 30.3. The second-order valence-corrected chi connectivity index (χ2v) is 9.88. The van der Waals surface area contributed by atoms with Crippen LogP contribution in [0.3, 0.4) is 0 Å². The quantitative estimate of drug-likeness (QED) is 0.369. The van der Waals surface area contributed by atoms with Gasteiger partial charge in [0, 0.05) is 24.2 Å². The van der Waals surface area contributed by atoms with Gasteiger partial charge in [0.15, 0.2) is 29.0 Å². The lowest BCUT2D eigenvalue weighted by molar-refractivity contribution is -0.120. The minimum atomic E-state index is -0.604. The Bertz CT molecular complexity index is 1600. The number of fused-ring (bicyclic) bond motifs is 3. The maximum Gasteiger partial charge on any atom is 0.251 e. The number of rotatable bonds is 4.